The first-order valence-electron chi connectivity index (χ1n) is 16.5. The Morgan fingerprint density at radius 1 is 0.900 bits per heavy atom. The van der Waals surface area contributed by atoms with E-state index < -0.39 is 48.4 Å². The van der Waals surface area contributed by atoms with Crippen molar-refractivity contribution in [1.82, 2.24) is 26.6 Å². The maximum atomic E-state index is 12.6. The van der Waals surface area contributed by atoms with Gasteiger partial charge in [-0.05, 0) is 44.0 Å². The Morgan fingerprint density at radius 3 is 2.12 bits per heavy atom. The number of amides is 6. The van der Waals surface area contributed by atoms with Crippen LogP contribution in [0.25, 0.3) is 0 Å². The van der Waals surface area contributed by atoms with Crippen LogP contribution in [-0.4, -0.2) is 141 Å². The molecular weight excluding hydrogens is 678 g/mol. The van der Waals surface area contributed by atoms with Crippen LogP contribution in [0.3, 0.4) is 0 Å². The van der Waals surface area contributed by atoms with Crippen LogP contribution in [0.15, 0.2) is 18.2 Å². The lowest BCUT2D eigenvalue weighted by atomic mass is 10.0. The van der Waals surface area contributed by atoms with Gasteiger partial charge in [0.2, 0.25) is 6.41 Å². The van der Waals surface area contributed by atoms with Gasteiger partial charge in [0.05, 0.1) is 12.1 Å². The molecule has 19 heteroatoms. The van der Waals surface area contributed by atoms with Crippen LogP contribution in [0.2, 0.25) is 0 Å². The summed E-state index contributed by atoms with van der Waals surface area (Å²) in [5, 5.41) is 73.3. The summed E-state index contributed by atoms with van der Waals surface area (Å²) in [6, 6.07) is 4.46. The number of nitrogens with two attached hydrogens (primary N) is 1. The fourth-order valence-corrected chi connectivity index (χ4v) is 6.64. The largest absolute Gasteiger partial charge is 0.387 e. The molecule has 7 unspecified atom stereocenters. The molecule has 2 aliphatic heterocycles. The maximum absolute atomic E-state index is 12.6. The number of hydrogen-bond donors (Lipinski definition) is 13. The van der Waals surface area contributed by atoms with Crippen molar-refractivity contribution in [3.63, 3.8) is 0 Å². The van der Waals surface area contributed by atoms with Crippen LogP contribution < -0.4 is 37.6 Å². The number of fused-ring (bicyclic) bond motifs is 1. The molecular formula is C31H51N7O11S. The van der Waals surface area contributed by atoms with Gasteiger partial charge in [-0.15, -0.1) is 0 Å². The smallest absolute Gasteiger partial charge is 0.315 e. The predicted octanol–water partition coefficient (Wildman–Crippen LogP) is -2.94. The van der Waals surface area contributed by atoms with Crippen molar-refractivity contribution in [3.8, 4) is 0 Å². The number of unbranched alkanes of at least 4 members (excludes halogenated alkanes) is 2. The molecule has 0 radical (unpaired) electrons. The van der Waals surface area contributed by atoms with E-state index in [4.69, 9.17) is 15.9 Å². The molecule has 0 bridgehead atoms. The Kier molecular flexibility index (Phi) is 19.0. The standard InChI is InChI=1S/C21H33N5O10.C10H18N2OS/c22-3-1-5-24-18(32)11-7-12(19(33)25-6-2-4-23-10-27)9-13(8-11)26-20(34)16(30)14(28)15(29)17(31)21(35)36;1-2-3-4-5-8-9-7(6-14-8)11-10(13)12-9/h7-10,14-17,21,28-31,35-36H,1-6,22H2,(H,23,27)(H,24,32)(H,25,33)(H,26,34);7-9H,2-6H2,1H3,(H2,11,12,13). The molecule has 0 saturated carbocycles. The van der Waals surface area contributed by atoms with Gasteiger partial charge in [0.25, 0.3) is 17.7 Å². The first-order chi connectivity index (χ1) is 23.8. The second-order valence-electron chi connectivity index (χ2n) is 11.8. The molecule has 50 heavy (non-hydrogen) atoms. The fraction of sp³-hybridized carbons (Fsp3) is 0.645. The van der Waals surface area contributed by atoms with Crippen molar-refractivity contribution in [2.45, 2.75) is 93.5 Å². The number of rotatable bonds is 20. The lowest BCUT2D eigenvalue weighted by Crippen LogP contribution is -2.52. The van der Waals surface area contributed by atoms with Crippen molar-refractivity contribution in [2.75, 3.05) is 37.2 Å². The molecule has 7 atom stereocenters. The highest BCUT2D eigenvalue weighted by molar-refractivity contribution is 8.00. The van der Waals surface area contributed by atoms with Crippen molar-refractivity contribution >= 4 is 47.6 Å². The van der Waals surface area contributed by atoms with E-state index in [2.05, 4.69) is 38.8 Å². The molecule has 1 aromatic carbocycles. The van der Waals surface area contributed by atoms with Gasteiger partial charge in [-0.25, -0.2) is 4.79 Å². The SMILES string of the molecule is CCCCCC1SCC2NC(=O)NC21.NCCCNC(=O)c1cc(NC(=O)C(O)C(O)C(O)C(O)C(O)O)cc(C(=O)NCCCNC=O)c1. The molecule has 1 aromatic rings. The molecule has 0 spiro atoms. The summed E-state index contributed by atoms with van der Waals surface area (Å²) in [6.45, 7) is 3.32. The van der Waals surface area contributed by atoms with Crippen LogP contribution in [0.5, 0.6) is 0 Å². The number of anilines is 1. The molecule has 2 saturated heterocycles. The summed E-state index contributed by atoms with van der Waals surface area (Å²) in [5.74, 6) is -1.39. The predicted molar refractivity (Wildman–Crippen MR) is 184 cm³/mol. The van der Waals surface area contributed by atoms with Crippen LogP contribution in [0.4, 0.5) is 10.5 Å². The Balaban J connectivity index is 0.000000508. The fourth-order valence-electron chi connectivity index (χ4n) is 5.10. The molecule has 282 valence electrons. The highest BCUT2D eigenvalue weighted by atomic mass is 32.2. The number of aliphatic hydroxyl groups is 6. The molecule has 2 heterocycles. The quantitative estimate of drug-likeness (QED) is 0.0277. The van der Waals surface area contributed by atoms with Gasteiger partial charge in [0.15, 0.2) is 12.4 Å². The maximum Gasteiger partial charge on any atom is 0.315 e. The molecule has 14 N–H and O–H groups in total. The minimum Gasteiger partial charge on any atom is -0.387 e. The third kappa shape index (κ3) is 13.6. The Morgan fingerprint density at radius 2 is 1.54 bits per heavy atom. The summed E-state index contributed by atoms with van der Waals surface area (Å²) in [5.41, 5.74) is 5.22. The van der Waals surface area contributed by atoms with Crippen molar-refractivity contribution in [1.29, 1.82) is 0 Å². The third-order valence-corrected chi connectivity index (χ3v) is 9.39. The van der Waals surface area contributed by atoms with Gasteiger partial charge >= 0.3 is 6.03 Å². The van der Waals surface area contributed by atoms with E-state index in [9.17, 15) is 44.4 Å². The molecule has 3 rings (SSSR count). The number of thioether (sulfide) groups is 1. The second kappa shape index (κ2) is 22.3. The van der Waals surface area contributed by atoms with Gasteiger partial charge in [0, 0.05) is 47.5 Å². The number of hydrogen-bond acceptors (Lipinski definition) is 13. The van der Waals surface area contributed by atoms with E-state index in [0.29, 0.717) is 49.7 Å². The highest BCUT2D eigenvalue weighted by Gasteiger charge is 2.42. The van der Waals surface area contributed by atoms with E-state index in [-0.39, 0.29) is 35.9 Å². The lowest BCUT2D eigenvalue weighted by Gasteiger charge is -2.26. The van der Waals surface area contributed by atoms with E-state index in [1.807, 2.05) is 11.8 Å². The third-order valence-electron chi connectivity index (χ3n) is 7.89. The van der Waals surface area contributed by atoms with Crippen molar-refractivity contribution < 1.29 is 54.6 Å². The topological polar surface area (TPSA) is 305 Å². The molecule has 0 aromatic heterocycles. The normalized spacial score (nSPS) is 20.2. The number of carbonyl (C=O) groups excluding carboxylic acids is 5. The lowest BCUT2D eigenvalue weighted by molar-refractivity contribution is -0.189. The number of carbonyl (C=O) groups is 5. The first kappa shape index (κ1) is 42.6. The zero-order valence-corrected chi connectivity index (χ0v) is 28.7. The second-order valence-corrected chi connectivity index (χ2v) is 13.1. The van der Waals surface area contributed by atoms with E-state index in [1.165, 1.54) is 43.9 Å². The summed E-state index contributed by atoms with van der Waals surface area (Å²) in [4.78, 5) is 58.8. The number of benzene rings is 1. The van der Waals surface area contributed by atoms with Crippen LogP contribution in [0, 0.1) is 0 Å². The molecule has 6 amide bonds. The van der Waals surface area contributed by atoms with Crippen LogP contribution in [-0.2, 0) is 9.59 Å². The van der Waals surface area contributed by atoms with Gasteiger partial charge in [-0.2, -0.15) is 11.8 Å². The van der Waals surface area contributed by atoms with E-state index in [1.54, 1.807) is 0 Å². The zero-order valence-electron chi connectivity index (χ0n) is 27.9. The van der Waals surface area contributed by atoms with Gasteiger partial charge < -0.3 is 68.3 Å². The van der Waals surface area contributed by atoms with Crippen LogP contribution in [0.1, 0.15) is 66.2 Å². The molecule has 18 nitrogen and oxygen atoms in total. The van der Waals surface area contributed by atoms with Crippen molar-refractivity contribution in [3.05, 3.63) is 29.3 Å². The number of nitrogens with one attached hydrogen (secondary N) is 6. The Hall–Kier alpha value is -3.56. The minimum atomic E-state index is -2.45. The molecule has 0 aliphatic carbocycles. The summed E-state index contributed by atoms with van der Waals surface area (Å²) in [7, 11) is 0. The average Bonchev–Trinajstić information content (AvgIpc) is 3.65. The zero-order chi connectivity index (χ0) is 37.2. The summed E-state index contributed by atoms with van der Waals surface area (Å²) < 4.78 is 0. The first-order valence-corrected chi connectivity index (χ1v) is 17.6. The number of aliphatic hydroxyl groups excluding tert-OH is 5. The van der Waals surface area contributed by atoms with Crippen LogP contribution >= 0.6 is 11.8 Å². The van der Waals surface area contributed by atoms with E-state index >= 15 is 0 Å². The highest BCUT2D eigenvalue weighted by Crippen LogP contribution is 2.33. The van der Waals surface area contributed by atoms with Crippen molar-refractivity contribution in [2.24, 2.45) is 5.73 Å². The van der Waals surface area contributed by atoms with Gasteiger partial charge in [-0.1, -0.05) is 26.2 Å². The molecule has 2 aliphatic rings. The van der Waals surface area contributed by atoms with E-state index in [0.717, 1.165) is 5.75 Å². The summed E-state index contributed by atoms with van der Waals surface area (Å²) >= 11 is 2.01. The average molecular weight is 730 g/mol. The Bertz CT molecular complexity index is 1260. The summed E-state index contributed by atoms with van der Waals surface area (Å²) in [6.07, 6.45) is -5.10. The Labute approximate surface area is 294 Å². The van der Waals surface area contributed by atoms with Gasteiger partial charge in [0.1, 0.15) is 18.3 Å². The minimum absolute atomic E-state index is 0.0218. The molecule has 2 fully saturated rings. The number of urea groups is 1. The monoisotopic (exact) mass is 729 g/mol. The van der Waals surface area contributed by atoms with Gasteiger partial charge in [-0.3, -0.25) is 19.2 Å².